The number of unbranched alkanes of at least 4 members (excludes halogenated alkanes) is 2. The van der Waals surface area contributed by atoms with Gasteiger partial charge in [-0.25, -0.2) is 0 Å². The zero-order chi connectivity index (χ0) is 48.4. The Morgan fingerprint density at radius 1 is 0.779 bits per heavy atom. The predicted octanol–water partition coefficient (Wildman–Crippen LogP) is 1.04. The van der Waals surface area contributed by atoms with Gasteiger partial charge in [-0.2, -0.15) is 0 Å². The lowest BCUT2D eigenvalue weighted by atomic mass is 9.84. The summed E-state index contributed by atoms with van der Waals surface area (Å²) in [4.78, 5) is 109. The molecular formula is C49H70N12O7. The van der Waals surface area contributed by atoms with Crippen molar-refractivity contribution in [2.45, 2.75) is 139 Å². The van der Waals surface area contributed by atoms with Gasteiger partial charge in [0.05, 0.1) is 0 Å². The maximum Gasteiger partial charge on any atom is 0.247 e. The number of benzene rings is 2. The fourth-order valence-electron chi connectivity index (χ4n) is 9.54. The number of nitrogens with one attached hydrogen (secondary N) is 7. The lowest BCUT2D eigenvalue weighted by molar-refractivity contribution is -0.143. The first-order valence-electron chi connectivity index (χ1n) is 24.3. The number of nitrogens with two attached hydrogens (primary N) is 3. The molecule has 68 heavy (non-hydrogen) atoms. The fraction of sp³-hybridized carbons (Fsp3) is 0.551. The molecule has 3 aromatic rings. The highest BCUT2D eigenvalue weighted by atomic mass is 16.2. The molecule has 0 spiro atoms. The monoisotopic (exact) mass is 939 g/mol. The van der Waals surface area contributed by atoms with Crippen LogP contribution < -0.4 is 49.1 Å². The standard InChI is InChI=1S/C49H70N12O7/c50-23-11-3-8-22-42(62)56-37(26-31-14-4-1-5-15-31)44(64)60-40-30-55-43(63)36(20-12-24-53-49(51)52)57-46(66)39(28-33-29-54-35-19-10-9-18-34(33)35)58-45(65)38(27-32-16-6-2-7-17-32)59-47(67)41-21-13-25-61(41)48(40)68/h1,4-5,9-10,14-15,18-19,29,32,36-41,54H,2-3,6-8,11-13,16-17,20-28,30,50H2,(H,55,63)(H,56,62)(H,57,66)(H,58,65)(H,59,67)(H,60,64)(H4,51,52,53)/t36-,37-,38+,39-,40?,41?/m0/s1. The third-order valence-corrected chi connectivity index (χ3v) is 13.2. The Kier molecular flexibility index (Phi) is 19.2. The average Bonchev–Trinajstić information content (AvgIpc) is 4.00. The number of rotatable bonds is 18. The van der Waals surface area contributed by atoms with Gasteiger partial charge in [-0.05, 0) is 74.6 Å². The summed E-state index contributed by atoms with van der Waals surface area (Å²) < 4.78 is 0. The fourth-order valence-corrected chi connectivity index (χ4v) is 9.54. The number of aromatic amines is 1. The second-order valence-corrected chi connectivity index (χ2v) is 18.3. The molecule has 2 unspecified atom stereocenters. The van der Waals surface area contributed by atoms with Gasteiger partial charge in [-0.15, -0.1) is 0 Å². The van der Waals surface area contributed by atoms with Crippen LogP contribution in [0.5, 0.6) is 0 Å². The molecule has 2 aliphatic heterocycles. The van der Waals surface area contributed by atoms with Gasteiger partial charge in [-0.3, -0.25) is 38.6 Å². The summed E-state index contributed by atoms with van der Waals surface area (Å²) in [7, 11) is 0. The smallest absolute Gasteiger partial charge is 0.247 e. The maximum atomic E-state index is 14.8. The number of fused-ring (bicyclic) bond motifs is 2. The molecule has 6 atom stereocenters. The Morgan fingerprint density at radius 2 is 1.50 bits per heavy atom. The Labute approximate surface area is 397 Å². The van der Waals surface area contributed by atoms with E-state index in [4.69, 9.17) is 17.2 Å². The minimum atomic E-state index is -1.40. The second-order valence-electron chi connectivity index (χ2n) is 18.3. The van der Waals surface area contributed by atoms with Crippen LogP contribution in [0.4, 0.5) is 0 Å². The maximum absolute atomic E-state index is 14.8. The first-order valence-corrected chi connectivity index (χ1v) is 24.3. The van der Waals surface area contributed by atoms with Crippen LogP contribution in [0.25, 0.3) is 10.9 Å². The summed E-state index contributed by atoms with van der Waals surface area (Å²) >= 11 is 0. The molecule has 13 N–H and O–H groups in total. The SMILES string of the molecule is NCCCCCC(=O)N[C@@H](Cc1ccccc1)C(=O)NC1CNC(=O)[C@H](CCCN=C(N)N)NC(=O)[C@H](Cc2c[nH]c3ccccc23)NC(=O)[C@@H](CC2CCCCC2)NC(=O)C2CCCN2C1=O. The third-order valence-electron chi connectivity index (χ3n) is 13.2. The van der Waals surface area contributed by atoms with E-state index in [2.05, 4.69) is 41.9 Å². The first kappa shape index (κ1) is 50.9. The Bertz CT molecular complexity index is 2220. The molecule has 2 aromatic carbocycles. The minimum absolute atomic E-state index is 0.0570. The van der Waals surface area contributed by atoms with Gasteiger partial charge < -0.3 is 59.0 Å². The van der Waals surface area contributed by atoms with Crippen LogP contribution in [0.2, 0.25) is 0 Å². The van der Waals surface area contributed by atoms with E-state index < -0.39 is 78.2 Å². The first-order chi connectivity index (χ1) is 32.9. The number of hydrogen-bond donors (Lipinski definition) is 10. The van der Waals surface area contributed by atoms with E-state index in [1.54, 1.807) is 6.20 Å². The molecule has 19 nitrogen and oxygen atoms in total. The van der Waals surface area contributed by atoms with Gasteiger partial charge in [0.2, 0.25) is 41.4 Å². The van der Waals surface area contributed by atoms with Crippen LogP contribution in [0.15, 0.2) is 65.8 Å². The van der Waals surface area contributed by atoms with Gasteiger partial charge in [0.1, 0.15) is 36.3 Å². The topological polar surface area (TPSA) is 301 Å². The van der Waals surface area contributed by atoms with Crippen molar-refractivity contribution in [3.8, 4) is 0 Å². The van der Waals surface area contributed by atoms with Crippen molar-refractivity contribution in [1.29, 1.82) is 0 Å². The number of hydrogen-bond acceptors (Lipinski definition) is 9. The predicted molar refractivity (Wildman–Crippen MR) is 258 cm³/mol. The number of nitrogens with zero attached hydrogens (tertiary/aromatic N) is 2. The van der Waals surface area contributed by atoms with E-state index in [-0.39, 0.29) is 63.0 Å². The zero-order valence-corrected chi connectivity index (χ0v) is 38.9. The van der Waals surface area contributed by atoms with Crippen molar-refractivity contribution in [3.05, 3.63) is 71.9 Å². The number of para-hydroxylation sites is 1. The van der Waals surface area contributed by atoms with E-state index in [0.717, 1.165) is 67.0 Å². The molecule has 6 rings (SSSR count). The van der Waals surface area contributed by atoms with Crippen molar-refractivity contribution in [2.75, 3.05) is 26.2 Å². The highest BCUT2D eigenvalue weighted by molar-refractivity contribution is 5.98. The van der Waals surface area contributed by atoms with Crippen molar-refractivity contribution in [2.24, 2.45) is 28.1 Å². The summed E-state index contributed by atoms with van der Waals surface area (Å²) in [5.74, 6) is -4.05. The summed E-state index contributed by atoms with van der Waals surface area (Å²) in [5.41, 5.74) is 19.2. The van der Waals surface area contributed by atoms with Gasteiger partial charge >= 0.3 is 0 Å². The van der Waals surface area contributed by atoms with Gasteiger partial charge in [0.25, 0.3) is 0 Å². The van der Waals surface area contributed by atoms with Crippen LogP contribution in [-0.4, -0.2) is 120 Å². The van der Waals surface area contributed by atoms with Crippen molar-refractivity contribution in [1.82, 2.24) is 41.8 Å². The Balaban J connectivity index is 1.33. The summed E-state index contributed by atoms with van der Waals surface area (Å²) in [5, 5.41) is 18.1. The number of guanidine groups is 1. The van der Waals surface area contributed by atoms with Crippen LogP contribution in [0.1, 0.15) is 101 Å². The molecule has 0 bridgehead atoms. The normalized spacial score (nSPS) is 22.6. The molecule has 0 radical (unpaired) electrons. The number of carbonyl (C=O) groups is 7. The lowest BCUT2D eigenvalue weighted by Crippen LogP contribution is -2.62. The van der Waals surface area contributed by atoms with E-state index in [0.29, 0.717) is 32.2 Å². The second kappa shape index (κ2) is 25.6. The zero-order valence-electron chi connectivity index (χ0n) is 38.9. The van der Waals surface area contributed by atoms with Crippen molar-refractivity contribution >= 4 is 58.2 Å². The molecule has 3 heterocycles. The van der Waals surface area contributed by atoms with Gasteiger partial charge in [-0.1, -0.05) is 87.1 Å². The molecule has 2 saturated heterocycles. The highest BCUT2D eigenvalue weighted by Crippen LogP contribution is 2.28. The Hall–Kier alpha value is -6.50. The van der Waals surface area contributed by atoms with Gasteiger partial charge in [0.15, 0.2) is 5.96 Å². The van der Waals surface area contributed by atoms with Crippen LogP contribution in [-0.2, 0) is 46.4 Å². The van der Waals surface area contributed by atoms with Crippen LogP contribution in [0.3, 0.4) is 0 Å². The van der Waals surface area contributed by atoms with Gasteiger partial charge in [0, 0.05) is 56.0 Å². The van der Waals surface area contributed by atoms with E-state index in [9.17, 15) is 33.6 Å². The van der Waals surface area contributed by atoms with E-state index >= 15 is 0 Å². The number of aromatic nitrogens is 1. The molecule has 3 aliphatic rings. The molecule has 1 aliphatic carbocycles. The highest BCUT2D eigenvalue weighted by Gasteiger charge is 2.41. The molecule has 7 amide bonds. The molecular weight excluding hydrogens is 869 g/mol. The summed E-state index contributed by atoms with van der Waals surface area (Å²) in [6, 6.07) is 9.80. The number of H-pyrrole nitrogens is 1. The molecule has 19 heteroatoms. The van der Waals surface area contributed by atoms with Crippen molar-refractivity contribution in [3.63, 3.8) is 0 Å². The average molecular weight is 939 g/mol. The lowest BCUT2D eigenvalue weighted by Gasteiger charge is -2.33. The number of carbonyl (C=O) groups excluding carboxylic acids is 7. The van der Waals surface area contributed by atoms with Crippen LogP contribution in [0, 0.1) is 5.92 Å². The molecule has 3 fully saturated rings. The number of amides is 7. The van der Waals surface area contributed by atoms with Crippen LogP contribution >= 0.6 is 0 Å². The third kappa shape index (κ3) is 14.7. The number of aliphatic imine (C=N–C) groups is 1. The molecule has 1 saturated carbocycles. The largest absolute Gasteiger partial charge is 0.370 e. The molecule has 1 aromatic heterocycles. The summed E-state index contributed by atoms with van der Waals surface area (Å²) in [6.45, 7) is 0.411. The molecule has 368 valence electrons. The quantitative estimate of drug-likeness (QED) is 0.0491. The Morgan fingerprint density at radius 3 is 2.26 bits per heavy atom. The van der Waals surface area contributed by atoms with Crippen molar-refractivity contribution < 1.29 is 33.6 Å². The van der Waals surface area contributed by atoms with E-state index in [1.807, 2.05) is 54.6 Å². The van der Waals surface area contributed by atoms with E-state index in [1.165, 1.54) is 4.90 Å². The summed E-state index contributed by atoms with van der Waals surface area (Å²) in [6.07, 6.45) is 10.4. The minimum Gasteiger partial charge on any atom is -0.370 e.